The minimum absolute atomic E-state index is 0.00173. The molecule has 0 radical (unpaired) electrons. The minimum atomic E-state index is -6.55. The van der Waals surface area contributed by atoms with Gasteiger partial charge in [0, 0.05) is 14.2 Å². The van der Waals surface area contributed by atoms with Gasteiger partial charge >= 0.3 is 5.65 Å². The number of aromatic nitrogens is 12. The monoisotopic (exact) mass is 1190 g/mol. The van der Waals surface area contributed by atoms with Crippen molar-refractivity contribution >= 4 is 99.1 Å². The summed E-state index contributed by atoms with van der Waals surface area (Å²) >= 11 is 5.16. The Morgan fingerprint density at radius 2 is 1.26 bits per heavy atom. The van der Waals surface area contributed by atoms with E-state index in [4.69, 9.17) is 72.0 Å². The summed E-state index contributed by atoms with van der Waals surface area (Å²) < 4.78 is 101. The van der Waals surface area contributed by atoms with Gasteiger partial charge in [0.15, 0.2) is 41.4 Å². The maximum absolute atomic E-state index is 14.0. The molecule has 6 aromatic heterocycles. The lowest BCUT2D eigenvalue weighted by Crippen LogP contribution is -2.46. The number of nitrogen functional groups attached to an aromatic ring is 4. The molecule has 44 heteroatoms. The van der Waals surface area contributed by atoms with Crippen molar-refractivity contribution in [1.29, 1.82) is 0 Å². The lowest BCUT2D eigenvalue weighted by atomic mass is 10.1. The van der Waals surface area contributed by atoms with Crippen LogP contribution in [0.25, 0.3) is 33.5 Å². The fourth-order valence-corrected chi connectivity index (χ4v) is 13.4. The summed E-state index contributed by atoms with van der Waals surface area (Å²) in [7, 11) is -15.3. The van der Waals surface area contributed by atoms with Crippen molar-refractivity contribution in [1.82, 2.24) is 53.6 Å². The van der Waals surface area contributed by atoms with Crippen LogP contribution in [0.3, 0.4) is 0 Å². The van der Waals surface area contributed by atoms with Gasteiger partial charge in [-0.05, 0) is 0 Å². The predicted octanol–water partition coefficient (Wildman–Crippen LogP) is -6.89. The Balaban J connectivity index is 0.874. The van der Waals surface area contributed by atoms with Crippen molar-refractivity contribution in [3.8, 4) is 0 Å². The van der Waals surface area contributed by atoms with Gasteiger partial charge in [0.05, 0.1) is 39.5 Å². The first-order valence-corrected chi connectivity index (χ1v) is 28.6. The fraction of sp³-hybridized carbons (Fsp3) is 0.545. The van der Waals surface area contributed by atoms with E-state index in [0.717, 1.165) is 36.0 Å². The highest BCUT2D eigenvalue weighted by molar-refractivity contribution is 8.06. The van der Waals surface area contributed by atoms with Crippen molar-refractivity contribution in [2.45, 2.75) is 73.6 Å². The number of anilines is 4. The van der Waals surface area contributed by atoms with Gasteiger partial charge in [-0.1, -0.05) is 16.8 Å². The second kappa shape index (κ2) is 21.3. The number of rotatable bonds is 20. The summed E-state index contributed by atoms with van der Waals surface area (Å²) in [5.41, 5.74) is 21.3. The lowest BCUT2D eigenvalue weighted by Gasteiger charge is -2.36. The van der Waals surface area contributed by atoms with Gasteiger partial charge in [-0.2, -0.15) is 15.0 Å². The number of aliphatic hydroxyl groups is 3. The lowest BCUT2D eigenvalue weighted by molar-refractivity contribution is -0.745. The molecule has 6 aromatic rings. The SMILES string of the molecule is CO[C@@H]1C(O)[C@H]([n+]2cn(C)c3c(=O)[nH]c(N)nc32)O[C@@H]1COP(=O)([O-])OP(=O)([O-])OP(=O)([O-])OC[C@H]1O[C@@H](n2cnc3c(N)nc(N)nc32)[C@@H](OC)C1OP([O-])(=S)OC[C@H]1O[C@@H](n2cnc3c(=O)[nH]c(N)nc32)[C@@H](O)C1O. The van der Waals surface area contributed by atoms with Gasteiger partial charge < -0.3 is 99.6 Å². The Hall–Kier alpha value is -4.93. The number of aliphatic hydroxyl groups excluding tert-OH is 3. The molecule has 3 fully saturated rings. The average molecular weight is 1190 g/mol. The molecular formula is C33H43N16O23P4S-3. The highest BCUT2D eigenvalue weighted by atomic mass is 32.5. The van der Waals surface area contributed by atoms with E-state index in [1.165, 1.54) is 22.5 Å². The van der Waals surface area contributed by atoms with Gasteiger partial charge in [0.2, 0.25) is 23.6 Å². The number of ether oxygens (including phenoxy) is 5. The number of nitrogens with zero attached hydrogens (tertiary/aromatic N) is 10. The third-order valence-corrected chi connectivity index (χ3v) is 17.5. The van der Waals surface area contributed by atoms with Crippen LogP contribution in [0.2, 0.25) is 0 Å². The van der Waals surface area contributed by atoms with Crippen molar-refractivity contribution in [3.63, 3.8) is 0 Å². The number of aromatic amines is 2. The molecule has 0 spiro atoms. The molecular weight excluding hydrogens is 1140 g/mol. The minimum Gasteiger partial charge on any atom is -0.780 e. The smallest absolute Gasteiger partial charge is 0.313 e. The molecule has 3 saturated heterocycles. The standard InChI is InChI=1S/C33H46N16O23P4S/c1-46-9-49(25-15(46)27(54)45-33(37)43-25)29-18(52)19(62-2)11(68-29)5-64-73(55,56)71-75(59,60)72-74(57,58)65-6-12-20(21(63-3)30(69-12)48-7-38-13-22(34)40-31(35)41-23(13)48)70-76(61,77)66-4-10-16(50)17(51)28(67-10)47-8-39-14-24(47)42-32(36)44-26(14)53/h7-12,16-21,28-30,50-52H,4-6H2,1-3H3,(H13-,34,35,36,37,40,41,42,43,44,45,53,54,55,56,57,58,59,60,61,77)/p-3/t10-,11-,12-,16?,17+,18?,19+,20?,21+,28-,29-,30-,76?/m1/s1. The van der Waals surface area contributed by atoms with E-state index in [1.807, 2.05) is 0 Å². The number of phosphoric ester groups is 2. The molecule has 3 aliphatic rings. The molecule has 0 aliphatic carbocycles. The second-order valence-corrected chi connectivity index (χ2v) is 24.0. The highest BCUT2D eigenvalue weighted by Crippen LogP contribution is 2.63. The van der Waals surface area contributed by atoms with Gasteiger partial charge in [-0.25, -0.2) is 23.2 Å². The molecule has 0 saturated carbocycles. The summed E-state index contributed by atoms with van der Waals surface area (Å²) in [5.74, 6) is -1.12. The number of nitrogens with one attached hydrogen (secondary N) is 2. The van der Waals surface area contributed by atoms with Crippen molar-refractivity contribution in [2.24, 2.45) is 7.05 Å². The first-order valence-electron chi connectivity index (χ1n) is 21.7. The van der Waals surface area contributed by atoms with Crippen molar-refractivity contribution < 1.29 is 104 Å². The van der Waals surface area contributed by atoms with Crippen LogP contribution in [0.15, 0.2) is 28.6 Å². The van der Waals surface area contributed by atoms with Crippen LogP contribution in [0, 0.1) is 0 Å². The molecule has 9 heterocycles. The first kappa shape index (κ1) is 56.8. The number of fused-ring (bicyclic) bond motifs is 3. The summed E-state index contributed by atoms with van der Waals surface area (Å²) in [6.07, 6.45) is -15.6. The maximum atomic E-state index is 14.0. The quantitative estimate of drug-likeness (QED) is 0.0253. The number of hydrogen-bond donors (Lipinski definition) is 9. The zero-order chi connectivity index (χ0) is 55.8. The van der Waals surface area contributed by atoms with Gasteiger partial charge in [0.25, 0.3) is 40.5 Å². The molecule has 7 unspecified atom stereocenters. The maximum Gasteiger partial charge on any atom is 0.313 e. The van der Waals surface area contributed by atoms with E-state index in [2.05, 4.69) is 53.0 Å². The van der Waals surface area contributed by atoms with Crippen molar-refractivity contribution in [2.75, 3.05) is 57.0 Å². The Morgan fingerprint density at radius 3 is 1.91 bits per heavy atom. The number of hydrogen-bond acceptors (Lipinski definition) is 34. The molecule has 0 amide bonds. The molecule has 39 nitrogen and oxygen atoms in total. The van der Waals surface area contributed by atoms with Gasteiger partial charge in [-0.15, -0.1) is 0 Å². The van der Waals surface area contributed by atoms with Crippen LogP contribution in [0.4, 0.5) is 23.7 Å². The van der Waals surface area contributed by atoms with Crippen LogP contribution >= 0.6 is 30.2 Å². The second-order valence-electron chi connectivity index (χ2n) is 16.8. The van der Waals surface area contributed by atoms with E-state index >= 15 is 0 Å². The van der Waals surface area contributed by atoms with Gasteiger partial charge in [0.1, 0.15) is 67.2 Å². The number of aryl methyl sites for hydroxylation is 1. The summed E-state index contributed by atoms with van der Waals surface area (Å²) in [6, 6.07) is 0. The molecule has 422 valence electrons. The Kier molecular flexibility index (Phi) is 15.7. The van der Waals surface area contributed by atoms with Crippen molar-refractivity contribution in [3.05, 3.63) is 39.7 Å². The van der Waals surface area contributed by atoms with E-state index < -0.39 is 135 Å². The number of H-pyrrole nitrogens is 2. The molecule has 13 N–H and O–H groups in total. The summed E-state index contributed by atoms with van der Waals surface area (Å²) in [5, 5.41) is 32.9. The molecule has 3 aliphatic heterocycles. The average Bonchev–Trinajstić information content (AvgIpc) is 4.22. The number of methoxy groups -OCH3 is 2. The Bertz CT molecular complexity index is 3550. The molecule has 77 heavy (non-hydrogen) atoms. The third kappa shape index (κ3) is 11.5. The summed E-state index contributed by atoms with van der Waals surface area (Å²) in [6.45, 7) is -8.22. The summed E-state index contributed by atoms with van der Waals surface area (Å²) in [4.78, 5) is 106. The van der Waals surface area contributed by atoms with E-state index in [0.29, 0.717) is 0 Å². The van der Waals surface area contributed by atoms with E-state index in [9.17, 15) is 58.2 Å². The zero-order valence-corrected chi connectivity index (χ0v) is 43.7. The fourth-order valence-electron chi connectivity index (χ4n) is 8.62. The topological polar surface area (TPSA) is 571 Å². The Labute approximate surface area is 432 Å². The molecule has 16 atom stereocenters. The normalized spacial score (nSPS) is 30.0. The van der Waals surface area contributed by atoms with Crippen LogP contribution in [0.1, 0.15) is 18.7 Å². The van der Waals surface area contributed by atoms with Gasteiger partial charge in [-0.3, -0.25) is 47.0 Å². The number of nitrogens with two attached hydrogens (primary N) is 4. The van der Waals surface area contributed by atoms with E-state index in [1.54, 1.807) is 0 Å². The van der Waals surface area contributed by atoms with E-state index in [-0.39, 0.29) is 57.2 Å². The third-order valence-electron chi connectivity index (χ3n) is 11.8. The Morgan fingerprint density at radius 1 is 0.701 bits per heavy atom. The highest BCUT2D eigenvalue weighted by Gasteiger charge is 2.51. The number of imidazole rings is 3. The zero-order valence-electron chi connectivity index (χ0n) is 39.3. The first-order chi connectivity index (χ1) is 36.1. The molecule has 0 bridgehead atoms. The molecule has 9 rings (SSSR count). The van der Waals surface area contributed by atoms with Crippen LogP contribution in [-0.4, -0.2) is 158 Å². The molecule has 0 aromatic carbocycles. The van der Waals surface area contributed by atoms with Crippen LogP contribution in [0.5, 0.6) is 0 Å². The predicted molar refractivity (Wildman–Crippen MR) is 246 cm³/mol. The largest absolute Gasteiger partial charge is 0.780 e. The number of phosphoric acid groups is 3. The van der Waals surface area contributed by atoms with Crippen LogP contribution in [-0.2, 0) is 83.0 Å². The van der Waals surface area contributed by atoms with Crippen LogP contribution < -0.4 is 58.2 Å².